The smallest absolute Gasteiger partial charge is 0.307 e. The van der Waals surface area contributed by atoms with E-state index in [9.17, 15) is 19.7 Å². The second-order valence-electron chi connectivity index (χ2n) is 11.3. The first-order valence-electron chi connectivity index (χ1n) is 13.3. The number of nitrogens with one attached hydrogen (secondary N) is 2. The number of nitrogens with zero attached hydrogens (tertiary/aromatic N) is 4. The number of rotatable bonds is 7. The van der Waals surface area contributed by atoms with E-state index in [0.29, 0.717) is 46.8 Å². The van der Waals surface area contributed by atoms with Crippen LogP contribution < -0.4 is 15.4 Å². The van der Waals surface area contributed by atoms with Gasteiger partial charge in [-0.1, -0.05) is 19.9 Å². The second-order valence-corrected chi connectivity index (χ2v) is 11.3. The number of aromatic nitrogens is 3. The van der Waals surface area contributed by atoms with Gasteiger partial charge in [0.2, 0.25) is 0 Å². The molecule has 0 radical (unpaired) electrons. The first kappa shape index (κ1) is 27.8. The van der Waals surface area contributed by atoms with Gasteiger partial charge in [-0.3, -0.25) is 24.4 Å². The number of carbonyl (C=O) groups is 2. The van der Waals surface area contributed by atoms with Gasteiger partial charge in [0.15, 0.2) is 5.78 Å². The molecule has 1 aliphatic carbocycles. The van der Waals surface area contributed by atoms with Crippen LogP contribution in [0.15, 0.2) is 71.5 Å². The van der Waals surface area contributed by atoms with Crippen molar-refractivity contribution in [3.8, 4) is 5.75 Å². The van der Waals surface area contributed by atoms with E-state index in [1.54, 1.807) is 25.4 Å². The fraction of sp³-hybridized carbons (Fsp3) is 0.333. The second kappa shape index (κ2) is 10.6. The number of nitro groups is 1. The van der Waals surface area contributed by atoms with Gasteiger partial charge >= 0.3 is 5.69 Å². The number of benzene rings is 1. The zero-order valence-corrected chi connectivity index (χ0v) is 23.6. The Labute approximate surface area is 237 Å². The Morgan fingerprint density at radius 2 is 2.02 bits per heavy atom. The summed E-state index contributed by atoms with van der Waals surface area (Å²) in [5.41, 5.74) is 4.51. The van der Waals surface area contributed by atoms with Crippen molar-refractivity contribution in [2.24, 2.45) is 5.41 Å². The fourth-order valence-corrected chi connectivity index (χ4v) is 5.67. The number of methoxy groups -OCH3 is 1. The van der Waals surface area contributed by atoms with E-state index in [1.165, 1.54) is 17.1 Å². The number of ketones is 1. The molecule has 1 aliphatic heterocycles. The van der Waals surface area contributed by atoms with Gasteiger partial charge in [-0.25, -0.2) is 4.98 Å². The lowest BCUT2D eigenvalue weighted by atomic mass is 9.68. The summed E-state index contributed by atoms with van der Waals surface area (Å²) in [7, 11) is 1.54. The number of pyridine rings is 1. The summed E-state index contributed by atoms with van der Waals surface area (Å²) in [5.74, 6) is -0.0404. The lowest BCUT2D eigenvalue weighted by molar-refractivity contribution is -0.385. The van der Waals surface area contributed by atoms with Gasteiger partial charge in [-0.05, 0) is 61.1 Å². The first-order valence-corrected chi connectivity index (χ1v) is 13.3. The van der Waals surface area contributed by atoms with Crippen molar-refractivity contribution in [2.45, 2.75) is 53.0 Å². The van der Waals surface area contributed by atoms with Crippen molar-refractivity contribution < 1.29 is 19.2 Å². The van der Waals surface area contributed by atoms with Crippen LogP contribution in [-0.4, -0.2) is 38.5 Å². The van der Waals surface area contributed by atoms with Crippen LogP contribution in [0.2, 0.25) is 0 Å². The highest BCUT2D eigenvalue weighted by Crippen LogP contribution is 2.47. The summed E-state index contributed by atoms with van der Waals surface area (Å²) >= 11 is 0. The highest BCUT2D eigenvalue weighted by molar-refractivity contribution is 6.09. The third-order valence-corrected chi connectivity index (χ3v) is 7.44. The van der Waals surface area contributed by atoms with Gasteiger partial charge in [0.1, 0.15) is 24.0 Å². The molecule has 0 saturated heterocycles. The Morgan fingerprint density at radius 1 is 1.24 bits per heavy atom. The van der Waals surface area contributed by atoms with E-state index < -0.39 is 10.8 Å². The number of ether oxygens (including phenoxy) is 1. The number of carbonyl (C=O) groups excluding carboxylic acids is 2. The van der Waals surface area contributed by atoms with Crippen LogP contribution >= 0.6 is 0 Å². The standard InChI is InChI=1S/C30H32N6O5/c1-17-8-9-31-25(10-17)34-29(38)26-18(2)33-22-12-30(3,4)13-23(37)28(22)27(26)19-6-7-24(41-5)20(11-19)15-35-16-21(14-32-35)36(39)40/h6-11,14,16,27,33H,12-13,15H2,1-5H3,(H,31,34,38). The van der Waals surface area contributed by atoms with E-state index >= 15 is 0 Å². The van der Waals surface area contributed by atoms with E-state index in [2.05, 4.69) is 34.6 Å². The molecule has 2 aliphatic rings. The Bertz CT molecular complexity index is 1630. The Morgan fingerprint density at radius 3 is 2.71 bits per heavy atom. The molecule has 0 saturated carbocycles. The third kappa shape index (κ3) is 5.60. The predicted octanol–water partition coefficient (Wildman–Crippen LogP) is 4.79. The number of anilines is 1. The van der Waals surface area contributed by atoms with Crippen molar-refractivity contribution in [1.29, 1.82) is 0 Å². The summed E-state index contributed by atoms with van der Waals surface area (Å²) in [5, 5.41) is 21.6. The molecule has 0 fully saturated rings. The fourth-order valence-electron chi connectivity index (χ4n) is 5.67. The Kier molecular flexibility index (Phi) is 7.20. The highest BCUT2D eigenvalue weighted by atomic mass is 16.6. The van der Waals surface area contributed by atoms with Crippen molar-refractivity contribution in [3.05, 3.63) is 98.3 Å². The van der Waals surface area contributed by atoms with E-state index in [1.807, 2.05) is 32.0 Å². The lowest BCUT2D eigenvalue weighted by Gasteiger charge is -2.39. The van der Waals surface area contributed by atoms with Gasteiger partial charge in [0, 0.05) is 46.6 Å². The largest absolute Gasteiger partial charge is 0.496 e. The van der Waals surface area contributed by atoms with Gasteiger partial charge in [0.05, 0.1) is 18.6 Å². The minimum Gasteiger partial charge on any atom is -0.496 e. The van der Waals surface area contributed by atoms with Crippen molar-refractivity contribution in [1.82, 2.24) is 20.1 Å². The lowest BCUT2D eigenvalue weighted by Crippen LogP contribution is -2.39. The minimum absolute atomic E-state index is 0.0136. The van der Waals surface area contributed by atoms with Crippen LogP contribution in [0, 0.1) is 22.5 Å². The van der Waals surface area contributed by atoms with E-state index in [-0.39, 0.29) is 29.3 Å². The maximum absolute atomic E-state index is 13.9. The van der Waals surface area contributed by atoms with Crippen LogP contribution in [0.1, 0.15) is 56.2 Å². The summed E-state index contributed by atoms with van der Waals surface area (Å²) in [6.07, 6.45) is 5.19. The minimum atomic E-state index is -0.642. The average Bonchev–Trinajstić information content (AvgIpc) is 3.36. The summed E-state index contributed by atoms with van der Waals surface area (Å²) < 4.78 is 7.05. The number of dihydropyridines is 1. The van der Waals surface area contributed by atoms with Crippen molar-refractivity contribution >= 4 is 23.2 Å². The molecule has 0 spiro atoms. The number of Topliss-reactive ketones (excluding diaryl/α,β-unsaturated/α-hetero) is 1. The number of hydrogen-bond acceptors (Lipinski definition) is 8. The topological polar surface area (TPSA) is 141 Å². The molecule has 3 aromatic rings. The van der Waals surface area contributed by atoms with E-state index in [4.69, 9.17) is 4.74 Å². The SMILES string of the molecule is COc1ccc(C2C(C(=O)Nc3cc(C)ccn3)=C(C)NC3=C2C(=O)CC(C)(C)C3)cc1Cn1cc([N+](=O)[O-])cn1. The molecule has 3 heterocycles. The number of amides is 1. The molecule has 2 aromatic heterocycles. The van der Waals surface area contributed by atoms with Gasteiger partial charge in [0.25, 0.3) is 5.91 Å². The summed E-state index contributed by atoms with van der Waals surface area (Å²) in [6, 6.07) is 9.15. The summed E-state index contributed by atoms with van der Waals surface area (Å²) in [4.78, 5) is 42.5. The van der Waals surface area contributed by atoms with Crippen LogP contribution in [0.25, 0.3) is 0 Å². The molecule has 1 aromatic carbocycles. The Balaban J connectivity index is 1.61. The van der Waals surface area contributed by atoms with Crippen LogP contribution in [0.4, 0.5) is 11.5 Å². The molecule has 11 heteroatoms. The van der Waals surface area contributed by atoms with Crippen LogP contribution in [0.3, 0.4) is 0 Å². The maximum Gasteiger partial charge on any atom is 0.307 e. The van der Waals surface area contributed by atoms with Gasteiger partial charge in [-0.2, -0.15) is 5.10 Å². The molecule has 2 N–H and O–H groups in total. The molecule has 41 heavy (non-hydrogen) atoms. The number of allylic oxidation sites excluding steroid dienone is 3. The first-order chi connectivity index (χ1) is 19.5. The third-order valence-electron chi connectivity index (χ3n) is 7.44. The normalized spacial score (nSPS) is 18.1. The molecule has 0 bridgehead atoms. The van der Waals surface area contributed by atoms with Crippen LogP contribution in [-0.2, 0) is 16.1 Å². The summed E-state index contributed by atoms with van der Waals surface area (Å²) in [6.45, 7) is 8.07. The average molecular weight is 557 g/mol. The van der Waals surface area contributed by atoms with Crippen molar-refractivity contribution in [3.63, 3.8) is 0 Å². The van der Waals surface area contributed by atoms with Gasteiger partial charge < -0.3 is 15.4 Å². The molecular weight excluding hydrogens is 524 g/mol. The zero-order valence-electron chi connectivity index (χ0n) is 23.6. The van der Waals surface area contributed by atoms with E-state index in [0.717, 1.165) is 16.8 Å². The number of hydrogen-bond donors (Lipinski definition) is 2. The van der Waals surface area contributed by atoms with Crippen molar-refractivity contribution in [2.75, 3.05) is 12.4 Å². The molecule has 1 amide bonds. The molecule has 11 nitrogen and oxygen atoms in total. The molecule has 1 atom stereocenters. The number of aryl methyl sites for hydroxylation is 1. The maximum atomic E-state index is 13.9. The molecule has 5 rings (SSSR count). The molecule has 212 valence electrons. The zero-order chi connectivity index (χ0) is 29.5. The molecule has 1 unspecified atom stereocenters. The highest BCUT2D eigenvalue weighted by Gasteiger charge is 2.43. The quantitative estimate of drug-likeness (QED) is 0.312. The van der Waals surface area contributed by atoms with Gasteiger partial charge in [-0.15, -0.1) is 0 Å². The predicted molar refractivity (Wildman–Crippen MR) is 152 cm³/mol. The Hall–Kier alpha value is -4.80. The monoisotopic (exact) mass is 556 g/mol. The van der Waals surface area contributed by atoms with Crippen LogP contribution in [0.5, 0.6) is 5.75 Å². The molecular formula is C30H32N6O5.